The molecule has 0 amide bonds. The third-order valence-electron chi connectivity index (χ3n) is 7.83. The van der Waals surface area contributed by atoms with Crippen LogP contribution in [0.3, 0.4) is 0 Å². The number of carbonyl (C=O) groups is 1. The van der Waals surface area contributed by atoms with Crippen molar-refractivity contribution in [2.45, 2.75) is 157 Å². The summed E-state index contributed by atoms with van der Waals surface area (Å²) in [4.78, 5) is 13.8. The molecule has 0 atom stereocenters. The monoisotopic (exact) mass is 599 g/mol. The zero-order valence-corrected chi connectivity index (χ0v) is 29.3. The van der Waals surface area contributed by atoms with E-state index in [9.17, 15) is 0 Å². The average molecular weight is 600 g/mol. The van der Waals surface area contributed by atoms with Gasteiger partial charge in [-0.3, -0.25) is 9.69 Å². The molecule has 0 saturated heterocycles. The standard InChI is InChI=1S/C28H43NOS.C7H14.C2H4O2/c1-8-11-12-20-29(26-22-25(31-23(26)4)15-17-27(5,6)7)24-13-18-28(16-9-2,19-14-24)30-21-10-3;1-7-5-3-2-4-6-7;1-4-2-3/h22,24H,8-11,13-14,16,18-19,21H2,1-7H3;7H,2-6H2,1H3;2H,1H3. The zero-order chi connectivity index (χ0) is 31.4. The first kappa shape index (κ1) is 38.1. The van der Waals surface area contributed by atoms with Crippen LogP contribution in [0.4, 0.5) is 5.69 Å². The Morgan fingerprint density at radius 1 is 1.05 bits per heavy atom. The van der Waals surface area contributed by atoms with E-state index in [4.69, 9.17) is 9.53 Å². The van der Waals surface area contributed by atoms with E-state index in [2.05, 4.69) is 94.9 Å². The topological polar surface area (TPSA) is 38.8 Å². The van der Waals surface area contributed by atoms with E-state index in [0.29, 0.717) is 12.5 Å². The fourth-order valence-corrected chi connectivity index (χ4v) is 6.44. The smallest absolute Gasteiger partial charge is 0.292 e. The number of methoxy groups -OCH3 is 1. The van der Waals surface area contributed by atoms with Gasteiger partial charge in [-0.25, -0.2) is 0 Å². The lowest BCUT2D eigenvalue weighted by molar-refractivity contribution is -0.126. The number of thiophene rings is 1. The highest BCUT2D eigenvalue weighted by Crippen LogP contribution is 2.40. The highest BCUT2D eigenvalue weighted by molar-refractivity contribution is 7.13. The molecule has 0 bridgehead atoms. The number of nitrogens with zero attached hydrogens (tertiary/aromatic N) is 1. The van der Waals surface area contributed by atoms with Gasteiger partial charge in [-0.15, -0.1) is 11.3 Å². The average Bonchev–Trinajstić information content (AvgIpc) is 3.34. The Labute approximate surface area is 263 Å². The summed E-state index contributed by atoms with van der Waals surface area (Å²) in [6.45, 7) is 19.0. The first-order valence-electron chi connectivity index (χ1n) is 16.6. The van der Waals surface area contributed by atoms with E-state index in [1.165, 1.54) is 62.6 Å². The van der Waals surface area contributed by atoms with Crippen LogP contribution in [0.1, 0.15) is 148 Å². The van der Waals surface area contributed by atoms with E-state index in [1.807, 2.05) is 0 Å². The summed E-state index contributed by atoms with van der Waals surface area (Å²) in [7, 11) is 1.31. The van der Waals surface area contributed by atoms with Gasteiger partial charge in [0.05, 0.1) is 23.3 Å². The maximum Gasteiger partial charge on any atom is 0.292 e. The van der Waals surface area contributed by atoms with Gasteiger partial charge in [0.25, 0.3) is 6.47 Å². The van der Waals surface area contributed by atoms with Gasteiger partial charge >= 0.3 is 0 Å². The predicted molar refractivity (Wildman–Crippen MR) is 182 cm³/mol. The van der Waals surface area contributed by atoms with Crippen LogP contribution >= 0.6 is 11.3 Å². The molecule has 0 N–H and O–H groups in total. The number of hydrogen-bond donors (Lipinski definition) is 0. The molecule has 0 unspecified atom stereocenters. The number of carbonyl (C=O) groups excluding carboxylic acids is 1. The van der Waals surface area contributed by atoms with Crippen molar-refractivity contribution >= 4 is 23.5 Å². The van der Waals surface area contributed by atoms with Crippen molar-refractivity contribution in [3.8, 4) is 23.8 Å². The number of unbranched alkanes of at least 4 members (excludes halogenated alkanes) is 1. The lowest BCUT2D eigenvalue weighted by Crippen LogP contribution is -2.44. The number of aryl methyl sites for hydroxylation is 1. The second-order valence-electron chi connectivity index (χ2n) is 13.0. The number of ether oxygens (including phenoxy) is 2. The van der Waals surface area contributed by atoms with Gasteiger partial charge in [0.2, 0.25) is 0 Å². The summed E-state index contributed by atoms with van der Waals surface area (Å²) in [6, 6.07) is 6.26. The lowest BCUT2D eigenvalue weighted by Gasteiger charge is -2.42. The third-order valence-corrected chi connectivity index (χ3v) is 8.78. The minimum Gasteiger partial charge on any atom is -0.471 e. The van der Waals surface area contributed by atoms with E-state index >= 15 is 0 Å². The molecular formula is C37H61NO3S. The summed E-state index contributed by atoms with van der Waals surface area (Å²) >= 11 is 1.80. The van der Waals surface area contributed by atoms with Crippen LogP contribution in [0.25, 0.3) is 0 Å². The van der Waals surface area contributed by atoms with Crippen molar-refractivity contribution in [3.63, 3.8) is 0 Å². The van der Waals surface area contributed by atoms with Crippen LogP contribution < -0.4 is 4.90 Å². The van der Waals surface area contributed by atoms with Crippen molar-refractivity contribution in [1.29, 1.82) is 0 Å². The molecule has 1 aromatic rings. The van der Waals surface area contributed by atoms with Crippen LogP contribution in [-0.4, -0.2) is 31.8 Å². The highest BCUT2D eigenvalue weighted by atomic mass is 32.1. The molecule has 2 fully saturated rings. The maximum atomic E-state index is 8.95. The summed E-state index contributed by atoms with van der Waals surface area (Å²) in [5.41, 5.74) is 1.36. The van der Waals surface area contributed by atoms with Crippen molar-refractivity contribution < 1.29 is 14.3 Å². The minimum atomic E-state index is 0.0170. The molecule has 0 radical (unpaired) electrons. The summed E-state index contributed by atoms with van der Waals surface area (Å²) in [6.07, 6.45) is 17.5. The molecule has 3 rings (SSSR count). The molecule has 1 aromatic heterocycles. The molecule has 1 heterocycles. The van der Waals surface area contributed by atoms with Gasteiger partial charge < -0.3 is 9.47 Å². The molecule has 2 saturated carbocycles. The Bertz CT molecular complexity index is 986. The van der Waals surface area contributed by atoms with E-state index in [-0.39, 0.29) is 11.0 Å². The lowest BCUT2D eigenvalue weighted by atomic mass is 9.78. The largest absolute Gasteiger partial charge is 0.471 e. The van der Waals surface area contributed by atoms with Crippen LogP contribution in [-0.2, 0) is 14.3 Å². The molecule has 2 aliphatic rings. The number of rotatable bonds is 9. The second-order valence-corrected chi connectivity index (χ2v) is 14.3. The summed E-state index contributed by atoms with van der Waals surface area (Å²) < 4.78 is 10.3. The van der Waals surface area contributed by atoms with Crippen molar-refractivity contribution in [2.75, 3.05) is 18.6 Å². The number of hydrogen-bond acceptors (Lipinski definition) is 5. The third kappa shape index (κ3) is 15.0. The fraction of sp³-hybridized carbons (Fsp3) is 0.757. The Kier molecular flexibility index (Phi) is 18.9. The quantitative estimate of drug-likeness (QED) is 0.161. The van der Waals surface area contributed by atoms with Crippen molar-refractivity contribution in [2.24, 2.45) is 11.3 Å². The first-order valence-corrected chi connectivity index (χ1v) is 17.4. The van der Waals surface area contributed by atoms with Crippen molar-refractivity contribution in [3.05, 3.63) is 15.8 Å². The molecule has 0 aliphatic heterocycles. The molecule has 42 heavy (non-hydrogen) atoms. The van der Waals surface area contributed by atoms with Gasteiger partial charge in [-0.1, -0.05) is 84.0 Å². The fourth-order valence-electron chi connectivity index (χ4n) is 5.57. The Morgan fingerprint density at radius 3 is 2.17 bits per heavy atom. The first-order chi connectivity index (χ1) is 20.0. The summed E-state index contributed by atoms with van der Waals surface area (Å²) in [5.74, 6) is 11.2. The molecule has 0 spiro atoms. The molecule has 4 nitrogen and oxygen atoms in total. The van der Waals surface area contributed by atoms with Gasteiger partial charge in [0, 0.05) is 35.4 Å². The Balaban J connectivity index is 0.000000669. The molecule has 238 valence electrons. The van der Waals surface area contributed by atoms with Crippen LogP contribution in [0.15, 0.2) is 6.07 Å². The molecular weight excluding hydrogens is 538 g/mol. The van der Waals surface area contributed by atoms with Gasteiger partial charge in [0.1, 0.15) is 0 Å². The highest BCUT2D eigenvalue weighted by Gasteiger charge is 2.37. The van der Waals surface area contributed by atoms with Gasteiger partial charge in [0.15, 0.2) is 0 Å². The maximum absolute atomic E-state index is 8.95. The van der Waals surface area contributed by atoms with Crippen LogP contribution in [0, 0.1) is 42.1 Å². The molecule has 5 heteroatoms. The predicted octanol–water partition coefficient (Wildman–Crippen LogP) is 10.3. The van der Waals surface area contributed by atoms with Gasteiger partial charge in [-0.2, -0.15) is 0 Å². The summed E-state index contributed by atoms with van der Waals surface area (Å²) in [5, 5.41) is 0. The molecule has 0 aromatic carbocycles. The van der Waals surface area contributed by atoms with Crippen LogP contribution in [0.5, 0.6) is 0 Å². The van der Waals surface area contributed by atoms with Gasteiger partial charge in [-0.05, 0) is 84.6 Å². The Hall–Kier alpha value is -1.95. The van der Waals surface area contributed by atoms with E-state index in [1.54, 1.807) is 11.3 Å². The van der Waals surface area contributed by atoms with Crippen LogP contribution in [0.2, 0.25) is 0 Å². The minimum absolute atomic E-state index is 0.0170. The van der Waals surface area contributed by atoms with E-state index < -0.39 is 0 Å². The molecule has 2 aliphatic carbocycles. The Morgan fingerprint density at radius 2 is 1.69 bits per heavy atom. The zero-order valence-electron chi connectivity index (χ0n) is 28.5. The normalized spacial score (nSPS) is 20.3. The second kappa shape index (κ2) is 20.9. The van der Waals surface area contributed by atoms with E-state index in [0.717, 1.165) is 62.3 Å². The van der Waals surface area contributed by atoms with Crippen molar-refractivity contribution in [1.82, 2.24) is 0 Å². The SMILES string of the molecule is CC1CCCCC1.CCCC#CN(c1cc(C#CC(C)(C)C)sc1C)C1CCC(CCC)(OCCC)CC1.COC=O. The number of anilines is 1.